The number of carboxylic acids is 1. The SMILES string of the molecule is COCC(Oc1cc(F)c(Br)cc1[N+](=O)[O-])C(=O)O. The maximum Gasteiger partial charge on any atom is 0.347 e. The number of halogens is 2. The highest BCUT2D eigenvalue weighted by Crippen LogP contribution is 2.33. The molecule has 0 bridgehead atoms. The number of carboxylic acid groups (broad SMARTS) is 1. The molecular weight excluding hydrogens is 329 g/mol. The van der Waals surface area contributed by atoms with Crippen molar-refractivity contribution in [2.45, 2.75) is 6.10 Å². The quantitative estimate of drug-likeness (QED) is 0.629. The van der Waals surface area contributed by atoms with Crippen molar-refractivity contribution >= 4 is 27.6 Å². The van der Waals surface area contributed by atoms with Crippen LogP contribution in [0.5, 0.6) is 5.75 Å². The van der Waals surface area contributed by atoms with Gasteiger partial charge in [-0.3, -0.25) is 10.1 Å². The number of aliphatic carboxylic acids is 1. The highest BCUT2D eigenvalue weighted by atomic mass is 79.9. The van der Waals surface area contributed by atoms with Gasteiger partial charge in [0.05, 0.1) is 16.0 Å². The molecule has 0 spiro atoms. The smallest absolute Gasteiger partial charge is 0.347 e. The molecule has 1 atom stereocenters. The Morgan fingerprint density at radius 1 is 1.63 bits per heavy atom. The van der Waals surface area contributed by atoms with Gasteiger partial charge in [-0.1, -0.05) is 0 Å². The molecule has 1 aromatic rings. The average Bonchev–Trinajstić information content (AvgIpc) is 2.32. The van der Waals surface area contributed by atoms with E-state index in [-0.39, 0.29) is 11.1 Å². The van der Waals surface area contributed by atoms with Crippen molar-refractivity contribution in [2.75, 3.05) is 13.7 Å². The summed E-state index contributed by atoms with van der Waals surface area (Å²) in [5.41, 5.74) is -0.546. The lowest BCUT2D eigenvalue weighted by Crippen LogP contribution is -2.31. The van der Waals surface area contributed by atoms with E-state index in [4.69, 9.17) is 9.84 Å². The largest absolute Gasteiger partial charge is 0.478 e. The molecule has 0 amide bonds. The highest BCUT2D eigenvalue weighted by Gasteiger charge is 2.25. The third-order valence-electron chi connectivity index (χ3n) is 2.06. The Kier molecular flexibility index (Phi) is 5.19. The predicted octanol–water partition coefficient (Wildman–Crippen LogP) is 1.97. The Labute approximate surface area is 115 Å². The topological polar surface area (TPSA) is 98.9 Å². The van der Waals surface area contributed by atoms with Crippen LogP contribution in [0.2, 0.25) is 0 Å². The molecule has 0 heterocycles. The molecule has 1 N–H and O–H groups in total. The second-order valence-electron chi connectivity index (χ2n) is 3.39. The summed E-state index contributed by atoms with van der Waals surface area (Å²) in [6.45, 7) is -0.329. The Morgan fingerprint density at radius 2 is 2.26 bits per heavy atom. The van der Waals surface area contributed by atoms with Crippen LogP contribution >= 0.6 is 15.9 Å². The molecule has 19 heavy (non-hydrogen) atoms. The summed E-state index contributed by atoms with van der Waals surface area (Å²) in [5.74, 6) is -2.66. The number of benzene rings is 1. The number of rotatable bonds is 6. The second kappa shape index (κ2) is 6.43. The lowest BCUT2D eigenvalue weighted by molar-refractivity contribution is -0.386. The second-order valence-corrected chi connectivity index (χ2v) is 4.25. The molecule has 0 radical (unpaired) electrons. The van der Waals surface area contributed by atoms with E-state index in [1.165, 1.54) is 7.11 Å². The molecule has 0 saturated carbocycles. The zero-order valence-electron chi connectivity index (χ0n) is 9.63. The van der Waals surface area contributed by atoms with Crippen molar-refractivity contribution in [1.29, 1.82) is 0 Å². The molecule has 0 aliphatic heterocycles. The van der Waals surface area contributed by atoms with E-state index in [9.17, 15) is 19.3 Å². The number of hydrogen-bond acceptors (Lipinski definition) is 5. The first-order valence-corrected chi connectivity index (χ1v) is 5.68. The number of ether oxygens (including phenoxy) is 2. The molecule has 0 saturated heterocycles. The first kappa shape index (κ1) is 15.3. The molecule has 9 heteroatoms. The fourth-order valence-electron chi connectivity index (χ4n) is 1.22. The average molecular weight is 338 g/mol. The van der Waals surface area contributed by atoms with E-state index in [0.717, 1.165) is 12.1 Å². The Balaban J connectivity index is 3.14. The molecular formula is C10H9BrFNO6. The van der Waals surface area contributed by atoms with Gasteiger partial charge in [0.25, 0.3) is 0 Å². The zero-order chi connectivity index (χ0) is 14.6. The lowest BCUT2D eigenvalue weighted by Gasteiger charge is -2.14. The van der Waals surface area contributed by atoms with Crippen molar-refractivity contribution in [3.63, 3.8) is 0 Å². The van der Waals surface area contributed by atoms with Gasteiger partial charge in [-0.15, -0.1) is 0 Å². The van der Waals surface area contributed by atoms with Gasteiger partial charge in [-0.25, -0.2) is 9.18 Å². The molecule has 0 aromatic heterocycles. The third-order valence-corrected chi connectivity index (χ3v) is 2.67. The molecule has 7 nitrogen and oxygen atoms in total. The minimum absolute atomic E-state index is 0.120. The molecule has 1 unspecified atom stereocenters. The van der Waals surface area contributed by atoms with Crippen molar-refractivity contribution < 1.29 is 28.7 Å². The van der Waals surface area contributed by atoms with E-state index >= 15 is 0 Å². The van der Waals surface area contributed by atoms with Crippen LogP contribution < -0.4 is 4.74 Å². The van der Waals surface area contributed by atoms with Crippen LogP contribution in [0.3, 0.4) is 0 Å². The van der Waals surface area contributed by atoms with Crippen molar-refractivity contribution in [2.24, 2.45) is 0 Å². The monoisotopic (exact) mass is 337 g/mol. The minimum Gasteiger partial charge on any atom is -0.478 e. The van der Waals surface area contributed by atoms with Crippen molar-refractivity contribution in [3.8, 4) is 5.75 Å². The molecule has 0 aliphatic carbocycles. The highest BCUT2D eigenvalue weighted by molar-refractivity contribution is 9.10. The van der Waals surface area contributed by atoms with Crippen LogP contribution in [0, 0.1) is 15.9 Å². The molecule has 104 valence electrons. The van der Waals surface area contributed by atoms with Crippen LogP contribution in [-0.2, 0) is 9.53 Å². The number of carbonyl (C=O) groups is 1. The van der Waals surface area contributed by atoms with Gasteiger partial charge in [0.2, 0.25) is 11.9 Å². The normalized spacial score (nSPS) is 11.9. The number of nitrogens with zero attached hydrogens (tertiary/aromatic N) is 1. The summed E-state index contributed by atoms with van der Waals surface area (Å²) in [7, 11) is 1.25. The summed E-state index contributed by atoms with van der Waals surface area (Å²) >= 11 is 2.80. The predicted molar refractivity (Wildman–Crippen MR) is 64.7 cm³/mol. The minimum atomic E-state index is -1.47. The maximum atomic E-state index is 13.3. The number of hydrogen-bond donors (Lipinski definition) is 1. The van der Waals surface area contributed by atoms with Crippen LogP contribution in [-0.4, -0.2) is 35.8 Å². The van der Waals surface area contributed by atoms with Gasteiger partial charge in [-0.2, -0.15) is 0 Å². The lowest BCUT2D eigenvalue weighted by atomic mass is 10.2. The van der Waals surface area contributed by atoms with E-state index in [1.54, 1.807) is 0 Å². The van der Waals surface area contributed by atoms with Gasteiger partial charge in [0, 0.05) is 19.2 Å². The first-order valence-electron chi connectivity index (χ1n) is 4.88. The summed E-state index contributed by atoms with van der Waals surface area (Å²) in [6.07, 6.45) is -1.47. The van der Waals surface area contributed by atoms with E-state index in [2.05, 4.69) is 20.7 Å². The van der Waals surface area contributed by atoms with Gasteiger partial charge in [-0.05, 0) is 15.9 Å². The van der Waals surface area contributed by atoms with E-state index in [1.807, 2.05) is 0 Å². The third kappa shape index (κ3) is 3.86. The first-order chi connectivity index (χ1) is 8.86. The standard InChI is InChI=1S/C10H9BrFNO6/c1-18-4-9(10(14)15)19-8-3-6(12)5(11)2-7(8)13(16)17/h2-3,9H,4H2,1H3,(H,14,15). The van der Waals surface area contributed by atoms with Gasteiger partial charge in [0.1, 0.15) is 5.82 Å². The molecule has 1 rings (SSSR count). The number of nitro groups is 1. The molecule has 0 aliphatic rings. The van der Waals surface area contributed by atoms with Crippen LogP contribution in [0.4, 0.5) is 10.1 Å². The van der Waals surface area contributed by atoms with Gasteiger partial charge < -0.3 is 14.6 Å². The van der Waals surface area contributed by atoms with Crippen LogP contribution in [0.15, 0.2) is 16.6 Å². The van der Waals surface area contributed by atoms with E-state index < -0.39 is 34.3 Å². The zero-order valence-corrected chi connectivity index (χ0v) is 11.2. The van der Waals surface area contributed by atoms with Crippen molar-refractivity contribution in [3.05, 3.63) is 32.5 Å². The fourth-order valence-corrected chi connectivity index (χ4v) is 1.55. The van der Waals surface area contributed by atoms with Crippen LogP contribution in [0.25, 0.3) is 0 Å². The molecule has 1 aromatic carbocycles. The summed E-state index contributed by atoms with van der Waals surface area (Å²) in [4.78, 5) is 20.8. The summed E-state index contributed by atoms with van der Waals surface area (Å²) < 4.78 is 22.7. The van der Waals surface area contributed by atoms with E-state index in [0.29, 0.717) is 0 Å². The maximum absolute atomic E-state index is 13.3. The van der Waals surface area contributed by atoms with Crippen molar-refractivity contribution in [1.82, 2.24) is 0 Å². The molecule has 0 fully saturated rings. The van der Waals surface area contributed by atoms with Gasteiger partial charge in [0.15, 0.2) is 0 Å². The van der Waals surface area contributed by atoms with Gasteiger partial charge >= 0.3 is 11.7 Å². The summed E-state index contributed by atoms with van der Waals surface area (Å²) in [5, 5.41) is 19.6. The van der Waals surface area contributed by atoms with Crippen LogP contribution in [0.1, 0.15) is 0 Å². The Morgan fingerprint density at radius 3 is 2.74 bits per heavy atom. The Hall–Kier alpha value is -1.74. The number of methoxy groups -OCH3 is 1. The number of nitro benzene ring substituents is 1. The Bertz CT molecular complexity index is 509. The summed E-state index contributed by atoms with van der Waals surface area (Å²) in [6, 6.07) is 1.64. The fraction of sp³-hybridized carbons (Fsp3) is 0.300.